The number of carbonyl (C=O) groups is 1. The maximum absolute atomic E-state index is 12.4. The number of aryl methyl sites for hydroxylation is 1. The lowest BCUT2D eigenvalue weighted by molar-refractivity contribution is -0.119. The third-order valence-corrected chi connectivity index (χ3v) is 7.49. The van der Waals surface area contributed by atoms with Crippen molar-refractivity contribution in [3.8, 4) is 5.82 Å². The summed E-state index contributed by atoms with van der Waals surface area (Å²) in [7, 11) is 0. The normalized spacial score (nSPS) is 14.0. The fourth-order valence-electron chi connectivity index (χ4n) is 4.74. The first kappa shape index (κ1) is 29.1. The van der Waals surface area contributed by atoms with Crippen LogP contribution in [0.4, 0.5) is 11.8 Å². The predicted molar refractivity (Wildman–Crippen MR) is 168 cm³/mol. The second-order valence-electron chi connectivity index (χ2n) is 9.86. The van der Waals surface area contributed by atoms with Gasteiger partial charge in [0.05, 0.1) is 0 Å². The molecule has 3 heterocycles. The molecule has 0 aliphatic carbocycles. The largest absolute Gasteiger partial charge is 0.368 e. The maximum Gasteiger partial charge on any atom is 0.240 e. The Hall–Kier alpha value is -4.40. The molecule has 0 saturated heterocycles. The summed E-state index contributed by atoms with van der Waals surface area (Å²) in [5.41, 5.74) is 10.4. The standard InChI is InChI=1S/C24H22ClN7O.C8H9Cl/c25-19-7-3-4-16(10-19)13-28-24-29-21(31-9-8-27-15-31)12-22(30-24)32-14-18-6-2-1-5-17(18)11-20(32)23(26)33;1-2-7-3-5-8(9)6-4-7/h1-10,12,15,20H,11,13-14H2,(H2,26,33)(H,28,29,30);3-6H,2H2,1H3/t20-;/m0./s1. The van der Waals surface area contributed by atoms with Crippen molar-refractivity contribution in [2.24, 2.45) is 5.73 Å². The summed E-state index contributed by atoms with van der Waals surface area (Å²) in [4.78, 5) is 27.8. The van der Waals surface area contributed by atoms with Crippen molar-refractivity contribution in [2.45, 2.75) is 38.9 Å². The zero-order valence-electron chi connectivity index (χ0n) is 23.1. The quantitative estimate of drug-likeness (QED) is 0.229. The van der Waals surface area contributed by atoms with Crippen molar-refractivity contribution in [1.29, 1.82) is 0 Å². The van der Waals surface area contributed by atoms with Gasteiger partial charge in [-0.25, -0.2) is 4.98 Å². The van der Waals surface area contributed by atoms with Crippen LogP contribution in [0.25, 0.3) is 5.82 Å². The number of hydrogen-bond acceptors (Lipinski definition) is 6. The van der Waals surface area contributed by atoms with Crippen molar-refractivity contribution in [3.63, 3.8) is 0 Å². The molecule has 3 N–H and O–H groups in total. The highest BCUT2D eigenvalue weighted by Gasteiger charge is 2.31. The lowest BCUT2D eigenvalue weighted by Gasteiger charge is -2.36. The van der Waals surface area contributed by atoms with Crippen LogP contribution in [0.5, 0.6) is 0 Å². The van der Waals surface area contributed by atoms with Crippen molar-refractivity contribution < 1.29 is 4.79 Å². The number of halogens is 2. The van der Waals surface area contributed by atoms with Crippen LogP contribution < -0.4 is 16.0 Å². The Morgan fingerprint density at radius 2 is 1.69 bits per heavy atom. The highest BCUT2D eigenvalue weighted by atomic mass is 35.5. The molecule has 10 heteroatoms. The molecule has 0 radical (unpaired) electrons. The van der Waals surface area contributed by atoms with E-state index in [9.17, 15) is 4.79 Å². The Morgan fingerprint density at radius 1 is 0.929 bits per heavy atom. The van der Waals surface area contributed by atoms with Gasteiger partial charge in [-0.15, -0.1) is 0 Å². The van der Waals surface area contributed by atoms with Gasteiger partial charge in [0.1, 0.15) is 24.0 Å². The maximum atomic E-state index is 12.4. The number of hydrogen-bond donors (Lipinski definition) is 2. The van der Waals surface area contributed by atoms with E-state index in [1.807, 2.05) is 83.9 Å². The second-order valence-corrected chi connectivity index (χ2v) is 10.7. The van der Waals surface area contributed by atoms with Crippen LogP contribution in [0.2, 0.25) is 10.0 Å². The topological polar surface area (TPSA) is 102 Å². The van der Waals surface area contributed by atoms with Crippen molar-refractivity contribution in [2.75, 3.05) is 10.2 Å². The lowest BCUT2D eigenvalue weighted by atomic mass is 9.93. The zero-order chi connectivity index (χ0) is 29.5. The summed E-state index contributed by atoms with van der Waals surface area (Å²) in [6.07, 6.45) is 6.77. The molecule has 0 unspecified atom stereocenters. The first-order valence-corrected chi connectivity index (χ1v) is 14.4. The minimum atomic E-state index is -0.508. The molecule has 5 aromatic rings. The average molecular weight is 601 g/mol. The summed E-state index contributed by atoms with van der Waals surface area (Å²) in [6.45, 7) is 3.15. The fourth-order valence-corrected chi connectivity index (χ4v) is 5.08. The van der Waals surface area contributed by atoms with Crippen LogP contribution in [0.3, 0.4) is 0 Å². The average Bonchev–Trinajstić information content (AvgIpc) is 3.55. The molecule has 0 bridgehead atoms. The highest BCUT2D eigenvalue weighted by molar-refractivity contribution is 6.30. The van der Waals surface area contributed by atoms with Gasteiger partial charge in [-0.2, -0.15) is 9.97 Å². The summed E-state index contributed by atoms with van der Waals surface area (Å²) in [5.74, 6) is 1.28. The molecular formula is C32H31Cl2N7O. The van der Waals surface area contributed by atoms with Gasteiger partial charge in [0.2, 0.25) is 11.9 Å². The minimum absolute atomic E-state index is 0.388. The Morgan fingerprint density at radius 3 is 2.38 bits per heavy atom. The van der Waals surface area contributed by atoms with E-state index in [4.69, 9.17) is 33.9 Å². The number of anilines is 2. The molecule has 1 aliphatic rings. The van der Waals surface area contributed by atoms with Crippen LogP contribution >= 0.6 is 23.2 Å². The molecule has 214 valence electrons. The van der Waals surface area contributed by atoms with Crippen molar-refractivity contribution >= 4 is 40.9 Å². The van der Waals surface area contributed by atoms with E-state index >= 15 is 0 Å². The van der Waals surface area contributed by atoms with Crippen LogP contribution in [-0.2, 0) is 30.7 Å². The van der Waals surface area contributed by atoms with E-state index in [-0.39, 0.29) is 5.91 Å². The van der Waals surface area contributed by atoms with Gasteiger partial charge in [0, 0.05) is 48.0 Å². The number of carbonyl (C=O) groups excluding carboxylic acids is 1. The van der Waals surface area contributed by atoms with Gasteiger partial charge < -0.3 is 16.0 Å². The third-order valence-electron chi connectivity index (χ3n) is 7.00. The first-order chi connectivity index (χ1) is 20.4. The van der Waals surface area contributed by atoms with Gasteiger partial charge in [-0.1, -0.05) is 78.7 Å². The van der Waals surface area contributed by atoms with Crippen LogP contribution in [0.1, 0.15) is 29.2 Å². The number of benzene rings is 3. The Bertz CT molecular complexity index is 1640. The SMILES string of the molecule is CCc1ccc(Cl)cc1.NC(=O)[C@@H]1Cc2ccccc2CN1c1cc(-n2ccnc2)nc(NCc2cccc(Cl)c2)n1. The predicted octanol–water partition coefficient (Wildman–Crippen LogP) is 6.25. The van der Waals surface area contributed by atoms with E-state index in [2.05, 4.69) is 28.3 Å². The Labute approximate surface area is 255 Å². The number of nitrogens with zero attached hydrogens (tertiary/aromatic N) is 5. The number of amides is 1. The second kappa shape index (κ2) is 13.5. The highest BCUT2D eigenvalue weighted by Crippen LogP contribution is 2.29. The Balaban J connectivity index is 0.000000336. The molecule has 6 rings (SSSR count). The fraction of sp³-hybridized carbons (Fsp3) is 0.188. The zero-order valence-corrected chi connectivity index (χ0v) is 24.6. The molecule has 1 atom stereocenters. The molecular weight excluding hydrogens is 569 g/mol. The molecule has 2 aromatic heterocycles. The summed E-state index contributed by atoms with van der Waals surface area (Å²) < 4.78 is 1.80. The first-order valence-electron chi connectivity index (χ1n) is 13.6. The number of imidazole rings is 1. The molecule has 1 aliphatic heterocycles. The van der Waals surface area contributed by atoms with Crippen molar-refractivity contribution in [1.82, 2.24) is 19.5 Å². The third kappa shape index (κ3) is 7.26. The van der Waals surface area contributed by atoms with Crippen LogP contribution in [0.15, 0.2) is 97.6 Å². The summed E-state index contributed by atoms with van der Waals surface area (Å²) >= 11 is 11.8. The van der Waals surface area contributed by atoms with E-state index in [1.54, 1.807) is 17.1 Å². The van der Waals surface area contributed by atoms with E-state index in [0.717, 1.165) is 28.1 Å². The van der Waals surface area contributed by atoms with Crippen LogP contribution in [-0.4, -0.2) is 31.5 Å². The number of fused-ring (bicyclic) bond motifs is 1. The van der Waals surface area contributed by atoms with Gasteiger partial charge in [0.15, 0.2) is 0 Å². The molecule has 8 nitrogen and oxygen atoms in total. The van der Waals surface area contributed by atoms with E-state index in [1.165, 1.54) is 5.56 Å². The van der Waals surface area contributed by atoms with Crippen LogP contribution in [0, 0.1) is 0 Å². The number of nitrogens with one attached hydrogen (secondary N) is 1. The smallest absolute Gasteiger partial charge is 0.240 e. The van der Waals surface area contributed by atoms with Crippen molar-refractivity contribution in [3.05, 3.63) is 130 Å². The molecule has 1 amide bonds. The molecule has 0 fully saturated rings. The van der Waals surface area contributed by atoms with E-state index < -0.39 is 6.04 Å². The Kier molecular flexibility index (Phi) is 9.36. The number of aromatic nitrogens is 4. The van der Waals surface area contributed by atoms with Gasteiger partial charge in [-0.05, 0) is 52.9 Å². The molecule has 0 saturated carbocycles. The monoisotopic (exact) mass is 599 g/mol. The van der Waals surface area contributed by atoms with Gasteiger partial charge in [0.25, 0.3) is 0 Å². The number of nitrogens with two attached hydrogens (primary N) is 1. The summed E-state index contributed by atoms with van der Waals surface area (Å²) in [6, 6.07) is 24.9. The summed E-state index contributed by atoms with van der Waals surface area (Å²) in [5, 5.41) is 4.75. The lowest BCUT2D eigenvalue weighted by Crippen LogP contribution is -2.49. The molecule has 3 aromatic carbocycles. The van der Waals surface area contributed by atoms with Gasteiger partial charge in [-0.3, -0.25) is 9.36 Å². The minimum Gasteiger partial charge on any atom is -0.368 e. The molecule has 42 heavy (non-hydrogen) atoms. The number of primary amides is 1. The molecule has 0 spiro atoms. The van der Waals surface area contributed by atoms with Gasteiger partial charge >= 0.3 is 0 Å². The van der Waals surface area contributed by atoms with E-state index in [0.29, 0.717) is 42.1 Å². The number of rotatable bonds is 7.